The Labute approximate surface area is 156 Å². The Kier molecular flexibility index (Phi) is 5.75. The second-order valence-electron chi connectivity index (χ2n) is 5.98. The van der Waals surface area contributed by atoms with E-state index in [0.717, 1.165) is 16.2 Å². The molecule has 0 saturated carbocycles. The Morgan fingerprint density at radius 1 is 1.35 bits per heavy atom. The number of thiazole rings is 1. The first kappa shape index (κ1) is 18.6. The van der Waals surface area contributed by atoms with Crippen LogP contribution < -0.4 is 4.74 Å². The van der Waals surface area contributed by atoms with Gasteiger partial charge in [0.1, 0.15) is 5.75 Å². The molecule has 8 heteroatoms. The third kappa shape index (κ3) is 3.53. The molecule has 3 aromatic rings. The summed E-state index contributed by atoms with van der Waals surface area (Å²) in [7, 11) is 1.92. The van der Waals surface area contributed by atoms with Crippen LogP contribution in [0.5, 0.6) is 11.6 Å². The molecule has 0 spiro atoms. The van der Waals surface area contributed by atoms with E-state index in [9.17, 15) is 10.2 Å². The normalized spacial score (nSPS) is 12.8. The quantitative estimate of drug-likeness (QED) is 0.628. The van der Waals surface area contributed by atoms with Gasteiger partial charge in [-0.15, -0.1) is 5.10 Å². The molecule has 0 radical (unpaired) electrons. The zero-order valence-corrected chi connectivity index (χ0v) is 16.0. The first-order valence-corrected chi connectivity index (χ1v) is 9.51. The van der Waals surface area contributed by atoms with Gasteiger partial charge in [-0.05, 0) is 31.7 Å². The third-order valence-electron chi connectivity index (χ3n) is 4.19. The number of fused-ring (bicyclic) bond motifs is 1. The minimum absolute atomic E-state index is 0.0274. The molecule has 0 aliphatic carbocycles. The van der Waals surface area contributed by atoms with Crippen LogP contribution in [0.2, 0.25) is 0 Å². The van der Waals surface area contributed by atoms with Gasteiger partial charge in [-0.2, -0.15) is 4.52 Å². The van der Waals surface area contributed by atoms with E-state index in [1.807, 2.05) is 50.1 Å². The average Bonchev–Trinajstić information content (AvgIpc) is 3.16. The van der Waals surface area contributed by atoms with E-state index in [1.54, 1.807) is 0 Å². The van der Waals surface area contributed by atoms with Crippen LogP contribution in [-0.4, -0.2) is 56.5 Å². The molecule has 0 aliphatic rings. The fraction of sp³-hybridized carbons (Fsp3) is 0.444. The lowest BCUT2D eigenvalue weighted by atomic mass is 10.0. The van der Waals surface area contributed by atoms with Crippen molar-refractivity contribution in [3.63, 3.8) is 0 Å². The van der Waals surface area contributed by atoms with Crippen molar-refractivity contribution in [3.05, 3.63) is 40.5 Å². The predicted octanol–water partition coefficient (Wildman–Crippen LogP) is 2.47. The van der Waals surface area contributed by atoms with Gasteiger partial charge in [-0.25, -0.2) is 4.98 Å². The third-order valence-corrected chi connectivity index (χ3v) is 5.26. The average molecular weight is 376 g/mol. The van der Waals surface area contributed by atoms with Crippen LogP contribution >= 0.6 is 11.3 Å². The highest BCUT2D eigenvalue weighted by Gasteiger charge is 2.27. The number of rotatable bonds is 8. The molecule has 2 aromatic heterocycles. The zero-order chi connectivity index (χ0) is 18.7. The van der Waals surface area contributed by atoms with Crippen LogP contribution in [0.3, 0.4) is 0 Å². The molecule has 26 heavy (non-hydrogen) atoms. The number of benzene rings is 1. The molecule has 2 N–H and O–H groups in total. The number of aromatic hydroxyl groups is 1. The van der Waals surface area contributed by atoms with Crippen molar-refractivity contribution >= 4 is 16.3 Å². The Balaban J connectivity index is 2.08. The number of aryl methyl sites for hydroxylation is 1. The topological polar surface area (TPSA) is 83.1 Å². The number of aliphatic hydroxyl groups excluding tert-OH is 1. The Morgan fingerprint density at radius 2 is 2.15 bits per heavy atom. The van der Waals surface area contributed by atoms with Crippen LogP contribution in [-0.2, 0) is 6.42 Å². The molecule has 3 rings (SSSR count). The van der Waals surface area contributed by atoms with Crippen molar-refractivity contribution < 1.29 is 14.9 Å². The molecular formula is C18H24N4O3S. The van der Waals surface area contributed by atoms with Crippen molar-refractivity contribution in [2.75, 3.05) is 26.8 Å². The van der Waals surface area contributed by atoms with E-state index >= 15 is 0 Å². The van der Waals surface area contributed by atoms with Gasteiger partial charge in [-0.3, -0.25) is 4.90 Å². The summed E-state index contributed by atoms with van der Waals surface area (Å²) in [6.07, 6.45) is 0.716. The molecule has 0 saturated heterocycles. The van der Waals surface area contributed by atoms with Crippen LogP contribution in [0.1, 0.15) is 36.2 Å². The molecule has 140 valence electrons. The fourth-order valence-corrected chi connectivity index (χ4v) is 4.12. The second-order valence-corrected chi connectivity index (χ2v) is 6.99. The van der Waals surface area contributed by atoms with Crippen molar-refractivity contribution in [1.82, 2.24) is 19.5 Å². The number of hydrogen-bond donors (Lipinski definition) is 2. The monoisotopic (exact) mass is 376 g/mol. The highest BCUT2D eigenvalue weighted by molar-refractivity contribution is 7.17. The number of nitrogens with zero attached hydrogens (tertiary/aromatic N) is 4. The van der Waals surface area contributed by atoms with Crippen LogP contribution in [0.4, 0.5) is 0 Å². The SMILES string of the molecule is CCOc1cccc(C(c2sc3nc(CC)nn3c2O)N(C)CCO)c1. The van der Waals surface area contributed by atoms with Crippen molar-refractivity contribution in [3.8, 4) is 11.6 Å². The zero-order valence-electron chi connectivity index (χ0n) is 15.2. The summed E-state index contributed by atoms with van der Waals surface area (Å²) >= 11 is 1.41. The summed E-state index contributed by atoms with van der Waals surface area (Å²) in [4.78, 5) is 7.86. The molecule has 1 unspecified atom stereocenters. The lowest BCUT2D eigenvalue weighted by Gasteiger charge is -2.27. The van der Waals surface area contributed by atoms with E-state index in [4.69, 9.17) is 4.74 Å². The minimum atomic E-state index is -0.235. The number of ether oxygens (including phenoxy) is 1. The van der Waals surface area contributed by atoms with Gasteiger partial charge in [-0.1, -0.05) is 30.4 Å². The lowest BCUT2D eigenvalue weighted by Crippen LogP contribution is -2.28. The van der Waals surface area contributed by atoms with Gasteiger partial charge < -0.3 is 14.9 Å². The van der Waals surface area contributed by atoms with E-state index in [2.05, 4.69) is 10.1 Å². The van der Waals surface area contributed by atoms with Crippen LogP contribution in [0, 0.1) is 0 Å². The highest BCUT2D eigenvalue weighted by atomic mass is 32.1. The molecule has 7 nitrogen and oxygen atoms in total. The summed E-state index contributed by atoms with van der Waals surface area (Å²) in [6, 6.07) is 7.57. The maximum absolute atomic E-state index is 10.8. The first-order valence-electron chi connectivity index (χ1n) is 8.70. The van der Waals surface area contributed by atoms with Crippen LogP contribution in [0.25, 0.3) is 4.96 Å². The lowest BCUT2D eigenvalue weighted by molar-refractivity contribution is 0.196. The van der Waals surface area contributed by atoms with Gasteiger partial charge in [0, 0.05) is 13.0 Å². The molecule has 1 aromatic carbocycles. The number of aliphatic hydroxyl groups is 1. The smallest absolute Gasteiger partial charge is 0.230 e. The largest absolute Gasteiger partial charge is 0.494 e. The maximum Gasteiger partial charge on any atom is 0.230 e. The maximum atomic E-state index is 10.8. The number of likely N-dealkylation sites (N-methyl/N-ethyl adjacent to an activating group) is 1. The van der Waals surface area contributed by atoms with Crippen LogP contribution in [0.15, 0.2) is 24.3 Å². The van der Waals surface area contributed by atoms with Crippen molar-refractivity contribution in [1.29, 1.82) is 0 Å². The summed E-state index contributed by atoms with van der Waals surface area (Å²) in [5.41, 5.74) is 0.974. The van der Waals surface area contributed by atoms with Crippen molar-refractivity contribution in [2.45, 2.75) is 26.3 Å². The molecular weight excluding hydrogens is 352 g/mol. The molecule has 0 bridgehead atoms. The van der Waals surface area contributed by atoms with E-state index in [1.165, 1.54) is 15.9 Å². The summed E-state index contributed by atoms with van der Waals surface area (Å²) < 4.78 is 7.11. The molecule has 2 heterocycles. The van der Waals surface area contributed by atoms with Gasteiger partial charge in [0.15, 0.2) is 5.82 Å². The Morgan fingerprint density at radius 3 is 2.81 bits per heavy atom. The summed E-state index contributed by atoms with van der Waals surface area (Å²) in [5, 5.41) is 24.5. The molecule has 0 amide bonds. The molecule has 0 fully saturated rings. The van der Waals surface area contributed by atoms with Gasteiger partial charge in [0.25, 0.3) is 0 Å². The van der Waals surface area contributed by atoms with Gasteiger partial charge in [0.05, 0.1) is 24.1 Å². The Bertz CT molecular complexity index is 877. The highest BCUT2D eigenvalue weighted by Crippen LogP contribution is 2.40. The molecule has 0 aliphatic heterocycles. The second kappa shape index (κ2) is 8.03. The van der Waals surface area contributed by atoms with Crippen molar-refractivity contribution in [2.24, 2.45) is 0 Å². The minimum Gasteiger partial charge on any atom is -0.494 e. The molecule has 1 atom stereocenters. The van der Waals surface area contributed by atoms with Gasteiger partial charge >= 0.3 is 0 Å². The van der Waals surface area contributed by atoms with E-state index in [0.29, 0.717) is 30.4 Å². The number of aromatic nitrogens is 3. The fourth-order valence-electron chi connectivity index (χ4n) is 2.95. The summed E-state index contributed by atoms with van der Waals surface area (Å²) in [5.74, 6) is 1.57. The number of hydrogen-bond acceptors (Lipinski definition) is 7. The first-order chi connectivity index (χ1) is 12.6. The van der Waals surface area contributed by atoms with E-state index < -0.39 is 0 Å². The van der Waals surface area contributed by atoms with E-state index in [-0.39, 0.29) is 18.5 Å². The summed E-state index contributed by atoms with van der Waals surface area (Å²) in [6.45, 7) is 5.01. The predicted molar refractivity (Wildman–Crippen MR) is 101 cm³/mol. The Hall–Kier alpha value is -2.16. The standard InChI is InChI=1S/C18H24N4O3S/c1-4-14-19-18-22(20-14)17(24)16(26-18)15(21(3)9-10-23)12-7-6-8-13(11-12)25-5-2/h6-8,11,15,23-24H,4-5,9-10H2,1-3H3. The van der Waals surface area contributed by atoms with Gasteiger partial charge in [0.2, 0.25) is 10.8 Å².